The van der Waals surface area contributed by atoms with Crippen LogP contribution in [0.4, 0.5) is 4.39 Å². The van der Waals surface area contributed by atoms with E-state index in [2.05, 4.69) is 22.3 Å². The number of hydrogen-bond donors (Lipinski definition) is 0. The highest BCUT2D eigenvalue weighted by Gasteiger charge is 2.30. The first-order chi connectivity index (χ1) is 15.1. The third-order valence-corrected chi connectivity index (χ3v) is 5.70. The molecule has 31 heavy (non-hydrogen) atoms. The van der Waals surface area contributed by atoms with Crippen molar-refractivity contribution in [3.63, 3.8) is 0 Å². The Morgan fingerprint density at radius 2 is 1.84 bits per heavy atom. The van der Waals surface area contributed by atoms with Gasteiger partial charge in [0.05, 0.1) is 17.0 Å². The Balaban J connectivity index is 1.58. The standard InChI is InChI=1S/C25H21FN4O/c1-2-20-23(18-10-12-19(26)13-11-18)25-28-27-24-21(30(25)29-20)14-17(15-22(24)31)9-8-16-6-4-3-5-7-16/h3-13,17H,2,14-15H2,1H3/b9-8+/t17-/m1/s1. The van der Waals surface area contributed by atoms with E-state index in [1.807, 2.05) is 37.3 Å². The first kappa shape index (κ1) is 19.3. The molecular weight excluding hydrogens is 391 g/mol. The van der Waals surface area contributed by atoms with Gasteiger partial charge in [0.15, 0.2) is 17.1 Å². The topological polar surface area (TPSA) is 60.1 Å². The molecule has 0 fully saturated rings. The number of nitrogens with zero attached hydrogens (tertiary/aromatic N) is 4. The highest BCUT2D eigenvalue weighted by molar-refractivity contribution is 5.97. The van der Waals surface area contributed by atoms with Crippen LogP contribution < -0.4 is 0 Å². The number of hydrogen-bond acceptors (Lipinski definition) is 4. The highest BCUT2D eigenvalue weighted by atomic mass is 19.1. The molecule has 1 atom stereocenters. The minimum Gasteiger partial charge on any atom is -0.292 e. The van der Waals surface area contributed by atoms with E-state index >= 15 is 0 Å². The fourth-order valence-corrected chi connectivity index (χ4v) is 4.15. The molecule has 0 N–H and O–H groups in total. The molecule has 0 aliphatic heterocycles. The van der Waals surface area contributed by atoms with E-state index in [4.69, 9.17) is 5.10 Å². The Kier molecular flexibility index (Phi) is 4.90. The lowest BCUT2D eigenvalue weighted by atomic mass is 9.88. The van der Waals surface area contributed by atoms with Crippen LogP contribution in [-0.4, -0.2) is 25.6 Å². The van der Waals surface area contributed by atoms with Crippen LogP contribution in [0.3, 0.4) is 0 Å². The average Bonchev–Trinajstić information content (AvgIpc) is 3.18. The zero-order chi connectivity index (χ0) is 21.4. The van der Waals surface area contributed by atoms with E-state index in [0.717, 1.165) is 28.1 Å². The highest BCUT2D eigenvalue weighted by Crippen LogP contribution is 2.32. The van der Waals surface area contributed by atoms with Gasteiger partial charge in [0.25, 0.3) is 0 Å². The molecule has 0 unspecified atom stereocenters. The lowest BCUT2D eigenvalue weighted by Crippen LogP contribution is -2.24. The van der Waals surface area contributed by atoms with Gasteiger partial charge in [-0.2, -0.15) is 5.10 Å². The molecule has 154 valence electrons. The van der Waals surface area contributed by atoms with Crippen LogP contribution in [0.1, 0.15) is 40.8 Å². The molecule has 0 saturated carbocycles. The van der Waals surface area contributed by atoms with Gasteiger partial charge >= 0.3 is 0 Å². The Morgan fingerprint density at radius 1 is 1.06 bits per heavy atom. The number of rotatable bonds is 4. The van der Waals surface area contributed by atoms with E-state index in [-0.39, 0.29) is 17.5 Å². The molecular formula is C25H21FN4O. The molecule has 0 bridgehead atoms. The number of Topliss-reactive ketones (excluding diaryl/α,β-unsaturated/α-hetero) is 1. The van der Waals surface area contributed by atoms with Crippen molar-refractivity contribution in [2.75, 3.05) is 0 Å². The number of halogens is 1. The smallest absolute Gasteiger partial charge is 0.185 e. The van der Waals surface area contributed by atoms with Crippen molar-refractivity contribution in [1.29, 1.82) is 0 Å². The molecule has 5 nitrogen and oxygen atoms in total. The first-order valence-electron chi connectivity index (χ1n) is 10.4. The Labute approximate surface area is 179 Å². The van der Waals surface area contributed by atoms with E-state index in [1.54, 1.807) is 16.6 Å². The minimum absolute atomic E-state index is 0.0183. The molecule has 6 heteroatoms. The summed E-state index contributed by atoms with van der Waals surface area (Å²) in [5.74, 6) is -0.244. The van der Waals surface area contributed by atoms with Crippen molar-refractivity contribution in [3.8, 4) is 11.1 Å². The van der Waals surface area contributed by atoms with Crippen LogP contribution in [0.15, 0.2) is 60.7 Å². The predicted molar refractivity (Wildman–Crippen MR) is 117 cm³/mol. The van der Waals surface area contributed by atoms with Gasteiger partial charge in [0.2, 0.25) is 0 Å². The molecule has 1 aliphatic rings. The summed E-state index contributed by atoms with van der Waals surface area (Å²) in [5.41, 5.74) is 5.41. The number of carbonyl (C=O) groups is 1. The summed E-state index contributed by atoms with van der Waals surface area (Å²) >= 11 is 0. The third-order valence-electron chi connectivity index (χ3n) is 5.70. The van der Waals surface area contributed by atoms with Crippen LogP contribution in [0, 0.1) is 11.7 Å². The molecule has 0 amide bonds. The molecule has 5 rings (SSSR count). The maximum Gasteiger partial charge on any atom is 0.185 e. The summed E-state index contributed by atoms with van der Waals surface area (Å²) in [6.07, 6.45) is 5.90. The Bertz CT molecular complexity index is 1290. The number of benzene rings is 2. The summed E-state index contributed by atoms with van der Waals surface area (Å²) < 4.78 is 15.2. The summed E-state index contributed by atoms with van der Waals surface area (Å²) in [6.45, 7) is 2.02. The zero-order valence-corrected chi connectivity index (χ0v) is 17.1. The van der Waals surface area contributed by atoms with Crippen LogP contribution >= 0.6 is 0 Å². The largest absolute Gasteiger partial charge is 0.292 e. The molecule has 0 spiro atoms. The van der Waals surface area contributed by atoms with Crippen molar-refractivity contribution in [2.45, 2.75) is 26.2 Å². The molecule has 0 radical (unpaired) electrons. The number of aromatic nitrogens is 4. The molecule has 2 aromatic heterocycles. The van der Waals surface area contributed by atoms with Crippen LogP contribution in [0.2, 0.25) is 0 Å². The number of fused-ring (bicyclic) bond motifs is 3. The van der Waals surface area contributed by atoms with E-state index in [1.165, 1.54) is 12.1 Å². The fourth-order valence-electron chi connectivity index (χ4n) is 4.15. The van der Waals surface area contributed by atoms with Crippen molar-refractivity contribution < 1.29 is 9.18 Å². The lowest BCUT2D eigenvalue weighted by molar-refractivity contribution is 0.0950. The normalized spacial score (nSPS) is 16.2. The molecule has 0 saturated heterocycles. The Hall–Kier alpha value is -3.67. The van der Waals surface area contributed by atoms with Crippen molar-refractivity contribution in [3.05, 3.63) is 89.1 Å². The van der Waals surface area contributed by atoms with Crippen LogP contribution in [-0.2, 0) is 12.8 Å². The quantitative estimate of drug-likeness (QED) is 0.476. The number of ketones is 1. The number of aryl methyl sites for hydroxylation is 1. The predicted octanol–water partition coefficient (Wildman–Crippen LogP) is 4.95. The second-order valence-electron chi connectivity index (χ2n) is 7.77. The zero-order valence-electron chi connectivity index (χ0n) is 17.1. The summed E-state index contributed by atoms with van der Waals surface area (Å²) in [4.78, 5) is 12.8. The van der Waals surface area contributed by atoms with E-state index in [0.29, 0.717) is 30.6 Å². The van der Waals surface area contributed by atoms with Crippen LogP contribution in [0.5, 0.6) is 0 Å². The second-order valence-corrected chi connectivity index (χ2v) is 7.77. The van der Waals surface area contributed by atoms with Gasteiger partial charge in [-0.3, -0.25) is 4.79 Å². The SMILES string of the molecule is CCc1nn2c3c(nnc2c1-c1ccc(F)cc1)C(=O)C[C@H](/C=C/c1ccccc1)C3. The molecule has 4 aromatic rings. The fraction of sp³-hybridized carbons (Fsp3) is 0.200. The summed E-state index contributed by atoms with van der Waals surface area (Å²) in [6, 6.07) is 16.3. The maximum absolute atomic E-state index is 13.4. The van der Waals surface area contributed by atoms with Gasteiger partial charge < -0.3 is 0 Å². The van der Waals surface area contributed by atoms with Gasteiger partial charge in [-0.05, 0) is 42.0 Å². The van der Waals surface area contributed by atoms with Gasteiger partial charge in [-0.1, -0.05) is 61.5 Å². The maximum atomic E-state index is 13.4. The van der Waals surface area contributed by atoms with E-state index in [9.17, 15) is 9.18 Å². The number of carbonyl (C=O) groups excluding carboxylic acids is 1. The second kappa shape index (κ2) is 7.87. The monoisotopic (exact) mass is 412 g/mol. The van der Waals surface area contributed by atoms with Crippen molar-refractivity contribution in [2.24, 2.45) is 5.92 Å². The first-order valence-corrected chi connectivity index (χ1v) is 10.4. The van der Waals surface area contributed by atoms with E-state index < -0.39 is 0 Å². The molecule has 2 heterocycles. The minimum atomic E-state index is -0.291. The third kappa shape index (κ3) is 3.54. The van der Waals surface area contributed by atoms with Gasteiger partial charge in [0.1, 0.15) is 5.82 Å². The van der Waals surface area contributed by atoms with Gasteiger partial charge in [0, 0.05) is 6.42 Å². The summed E-state index contributed by atoms with van der Waals surface area (Å²) in [5, 5.41) is 13.4. The van der Waals surface area contributed by atoms with Crippen molar-refractivity contribution in [1.82, 2.24) is 19.8 Å². The van der Waals surface area contributed by atoms with Gasteiger partial charge in [-0.25, -0.2) is 8.91 Å². The molecule has 1 aliphatic carbocycles. The lowest BCUT2D eigenvalue weighted by Gasteiger charge is -2.20. The average molecular weight is 412 g/mol. The summed E-state index contributed by atoms with van der Waals surface area (Å²) in [7, 11) is 0. The Morgan fingerprint density at radius 3 is 2.58 bits per heavy atom. The van der Waals surface area contributed by atoms with Gasteiger partial charge in [-0.15, -0.1) is 10.2 Å². The molecule has 2 aromatic carbocycles. The van der Waals surface area contributed by atoms with Crippen molar-refractivity contribution >= 4 is 17.5 Å². The number of allylic oxidation sites excluding steroid dienone is 1. The van der Waals surface area contributed by atoms with Crippen LogP contribution in [0.25, 0.3) is 22.9 Å².